The van der Waals surface area contributed by atoms with Gasteiger partial charge in [-0.1, -0.05) is 42.8 Å². The number of aromatic nitrogens is 8. The van der Waals surface area contributed by atoms with E-state index < -0.39 is 8.07 Å². The fraction of sp³-hybridized carbons (Fsp3) is 0.444. The number of carbonyl (C=O) groups is 2. The summed E-state index contributed by atoms with van der Waals surface area (Å²) in [6.45, 7) is 23.2. The fourth-order valence-corrected chi connectivity index (χ4v) is 7.43. The number of aromatic amines is 1. The van der Waals surface area contributed by atoms with E-state index in [2.05, 4.69) is 74.6 Å². The van der Waals surface area contributed by atoms with E-state index in [0.717, 1.165) is 27.4 Å². The highest BCUT2D eigenvalue weighted by Crippen LogP contribution is 2.30. The monoisotopic (exact) mass is 858 g/mol. The number of fused-ring (bicyclic) bond motifs is 2. The van der Waals surface area contributed by atoms with Crippen molar-refractivity contribution in [3.05, 3.63) is 57.3 Å². The zero-order chi connectivity index (χ0) is 41.2. The van der Waals surface area contributed by atoms with E-state index in [1.165, 1.54) is 23.1 Å². The van der Waals surface area contributed by atoms with Gasteiger partial charge in [-0.25, -0.2) is 19.9 Å². The van der Waals surface area contributed by atoms with Crippen LogP contribution < -0.4 is 21.3 Å². The molecule has 0 aliphatic rings. The lowest BCUT2D eigenvalue weighted by Gasteiger charge is -2.20. The summed E-state index contributed by atoms with van der Waals surface area (Å²) in [5.74, 6) is 0.326. The van der Waals surface area contributed by atoms with Gasteiger partial charge in [0.15, 0.2) is 33.2 Å². The second kappa shape index (κ2) is 17.1. The zero-order valence-corrected chi connectivity index (χ0v) is 37.5. The first-order valence-electron chi connectivity index (χ1n) is 17.8. The number of nitrogens with zero attached hydrogens (tertiary/aromatic N) is 7. The quantitative estimate of drug-likeness (QED) is 0.0617. The van der Waals surface area contributed by atoms with Crippen molar-refractivity contribution in [2.24, 2.45) is 0 Å². The molecular formula is C36H48Cl2N12O3S2Si. The minimum absolute atomic E-state index is 0.216. The van der Waals surface area contributed by atoms with Gasteiger partial charge in [0.2, 0.25) is 0 Å². The largest absolute Gasteiger partial charge is 0.361 e. The molecule has 0 saturated heterocycles. The van der Waals surface area contributed by atoms with Crippen LogP contribution >= 0.6 is 46.3 Å². The third kappa shape index (κ3) is 11.7. The highest BCUT2D eigenvalue weighted by Gasteiger charge is 2.24. The predicted octanol–water partition coefficient (Wildman–Crippen LogP) is 9.08. The lowest BCUT2D eigenvalue weighted by Crippen LogP contribution is -2.40. The van der Waals surface area contributed by atoms with Crippen LogP contribution in [0.15, 0.2) is 24.5 Å². The molecule has 15 nitrogen and oxygen atoms in total. The normalized spacial score (nSPS) is 12.1. The van der Waals surface area contributed by atoms with E-state index in [1.54, 1.807) is 17.0 Å². The standard InChI is InChI=1S/C21H31ClN6O2SSi.C15H17ClN6OS/c1-13-10-15(31-27-13)23-18-17(22)25-19-16(24-18)14(20(29)26-21(2,3)4)11-28(19)12-30-8-9-32(5,6)7;1-7-5-9(24-22-7)18-13-11(16)20-12-10(19-13)8(6-17-12)14(23)21-15(2,3)4/h10-11H,8-9,12H2,1-7H3,(H,23,24)(H,26,29);5-6H,1-4H3,(H,17,20)(H,18,19)(H,21,23). The Morgan fingerprint density at radius 3 is 1.82 bits per heavy atom. The Labute approximate surface area is 345 Å². The number of hydrogen-bond acceptors (Lipinski definition) is 13. The Morgan fingerprint density at radius 1 is 0.804 bits per heavy atom. The number of anilines is 4. The summed E-state index contributed by atoms with van der Waals surface area (Å²) < 4.78 is 16.1. The van der Waals surface area contributed by atoms with Crippen molar-refractivity contribution in [3.8, 4) is 0 Å². The lowest BCUT2D eigenvalue weighted by molar-refractivity contribution is 0.0884. The Morgan fingerprint density at radius 2 is 1.32 bits per heavy atom. The zero-order valence-electron chi connectivity index (χ0n) is 33.4. The molecule has 6 aromatic heterocycles. The summed E-state index contributed by atoms with van der Waals surface area (Å²) in [5, 5.41) is 14.2. The maximum Gasteiger partial charge on any atom is 0.255 e. The molecule has 2 amide bonds. The van der Waals surface area contributed by atoms with Crippen LogP contribution in [0.2, 0.25) is 36.0 Å². The predicted molar refractivity (Wildman–Crippen MR) is 230 cm³/mol. The van der Waals surface area contributed by atoms with Gasteiger partial charge in [0.05, 0.1) is 22.5 Å². The van der Waals surface area contributed by atoms with Crippen molar-refractivity contribution < 1.29 is 14.3 Å². The number of aryl methyl sites for hydroxylation is 2. The number of H-pyrrole nitrogens is 1. The lowest BCUT2D eigenvalue weighted by atomic mass is 10.1. The molecule has 0 radical (unpaired) electrons. The summed E-state index contributed by atoms with van der Waals surface area (Å²) in [6, 6.07) is 4.84. The molecule has 0 fully saturated rings. The van der Waals surface area contributed by atoms with Gasteiger partial charge in [0.25, 0.3) is 11.8 Å². The molecule has 6 heterocycles. The number of carbonyl (C=O) groups excluding carboxylic acids is 2. The Balaban J connectivity index is 0.000000223. The second-order valence-corrected chi connectivity index (χ2v) is 24.4. The fourth-order valence-electron chi connectivity index (χ4n) is 5.01. The molecule has 0 aliphatic carbocycles. The highest BCUT2D eigenvalue weighted by atomic mass is 35.5. The molecule has 6 aromatic rings. The van der Waals surface area contributed by atoms with E-state index in [0.29, 0.717) is 51.7 Å². The van der Waals surface area contributed by atoms with Gasteiger partial charge < -0.3 is 35.6 Å². The number of nitrogens with one attached hydrogen (secondary N) is 5. The van der Waals surface area contributed by atoms with Crippen LogP contribution in [-0.2, 0) is 11.5 Å². The minimum atomic E-state index is -1.20. The van der Waals surface area contributed by atoms with Gasteiger partial charge in [-0.15, -0.1) is 0 Å². The molecular weight excluding hydrogens is 812 g/mol. The average molecular weight is 860 g/mol. The molecule has 0 aromatic carbocycles. The molecule has 0 unspecified atom stereocenters. The number of halogens is 2. The van der Waals surface area contributed by atoms with Gasteiger partial charge in [0.1, 0.15) is 27.8 Å². The number of hydrogen-bond donors (Lipinski definition) is 5. The van der Waals surface area contributed by atoms with Crippen molar-refractivity contribution >= 4 is 110 Å². The molecule has 56 heavy (non-hydrogen) atoms. The van der Waals surface area contributed by atoms with Crippen LogP contribution in [0.3, 0.4) is 0 Å². The molecule has 6 rings (SSSR count). The van der Waals surface area contributed by atoms with Crippen molar-refractivity contribution in [2.75, 3.05) is 17.2 Å². The molecule has 0 aliphatic heterocycles. The molecule has 300 valence electrons. The third-order valence-corrected chi connectivity index (χ3v) is 11.4. The van der Waals surface area contributed by atoms with Crippen molar-refractivity contribution in [1.82, 2.24) is 48.9 Å². The van der Waals surface area contributed by atoms with Gasteiger partial charge >= 0.3 is 0 Å². The van der Waals surface area contributed by atoms with Crippen LogP contribution in [0.5, 0.6) is 0 Å². The van der Waals surface area contributed by atoms with Crippen LogP contribution in [0.1, 0.15) is 73.6 Å². The summed E-state index contributed by atoms with van der Waals surface area (Å²) in [7, 11) is -1.20. The van der Waals surface area contributed by atoms with Crippen molar-refractivity contribution in [2.45, 2.75) is 98.9 Å². The first-order valence-corrected chi connectivity index (χ1v) is 23.8. The van der Waals surface area contributed by atoms with Crippen molar-refractivity contribution in [3.63, 3.8) is 0 Å². The third-order valence-electron chi connectivity index (χ3n) is 7.54. The number of ether oxygens (including phenoxy) is 1. The summed E-state index contributed by atoms with van der Waals surface area (Å²) >= 11 is 15.2. The van der Waals surface area contributed by atoms with Crippen LogP contribution in [0, 0.1) is 13.8 Å². The first-order chi connectivity index (χ1) is 26.0. The van der Waals surface area contributed by atoms with E-state index >= 15 is 0 Å². The molecule has 0 spiro atoms. The Bertz CT molecular complexity index is 2350. The first kappa shape index (κ1) is 42.9. The van der Waals surface area contributed by atoms with Gasteiger partial charge in [-0.3, -0.25) is 9.59 Å². The summed E-state index contributed by atoms with van der Waals surface area (Å²) in [6.07, 6.45) is 3.32. The van der Waals surface area contributed by atoms with Gasteiger partial charge in [-0.05, 0) is 96.6 Å². The van der Waals surface area contributed by atoms with E-state index in [9.17, 15) is 9.59 Å². The smallest absolute Gasteiger partial charge is 0.255 e. The molecule has 0 bridgehead atoms. The van der Waals surface area contributed by atoms with E-state index in [1.807, 2.05) is 67.5 Å². The minimum Gasteiger partial charge on any atom is -0.361 e. The van der Waals surface area contributed by atoms with Crippen molar-refractivity contribution in [1.29, 1.82) is 0 Å². The van der Waals surface area contributed by atoms with Crippen LogP contribution in [0.25, 0.3) is 22.3 Å². The topological polar surface area (TPSA) is 190 Å². The van der Waals surface area contributed by atoms with E-state index in [-0.39, 0.29) is 39.9 Å². The highest BCUT2D eigenvalue weighted by molar-refractivity contribution is 7.10. The Kier molecular flexibility index (Phi) is 13.1. The molecule has 0 saturated carbocycles. The maximum atomic E-state index is 13.0. The van der Waals surface area contributed by atoms with Gasteiger partial charge in [-0.2, -0.15) is 8.75 Å². The number of rotatable bonds is 11. The van der Waals surface area contributed by atoms with Crippen LogP contribution in [-0.4, -0.2) is 75.8 Å². The molecule has 5 N–H and O–H groups in total. The Hall–Kier alpha value is -4.20. The maximum absolute atomic E-state index is 13.0. The number of amides is 2. The molecule has 20 heteroatoms. The second-order valence-electron chi connectivity index (χ2n) is 16.5. The van der Waals surface area contributed by atoms with Gasteiger partial charge in [0, 0.05) is 38.2 Å². The van der Waals surface area contributed by atoms with Crippen LogP contribution in [0.4, 0.5) is 21.6 Å². The molecule has 0 atom stereocenters. The summed E-state index contributed by atoms with van der Waals surface area (Å²) in [5.41, 5.74) is 3.82. The summed E-state index contributed by atoms with van der Waals surface area (Å²) in [4.78, 5) is 46.3. The van der Waals surface area contributed by atoms with E-state index in [4.69, 9.17) is 27.9 Å². The average Bonchev–Trinajstić information content (AvgIpc) is 3.85. The SMILES string of the molecule is Cc1cc(Nc2nc3c(C(=O)NC(C)(C)C)c[nH]c3nc2Cl)sn1.Cc1cc(Nc2nc3c(C(=O)NC(C)(C)C)cn(COCC[Si](C)(C)C)c3nc2Cl)sn1.